The lowest BCUT2D eigenvalue weighted by Gasteiger charge is -2.06. The van der Waals surface area contributed by atoms with Crippen molar-refractivity contribution in [2.45, 2.75) is 0 Å². The van der Waals surface area contributed by atoms with E-state index in [1.165, 1.54) is 6.21 Å². The SMILES string of the molecule is COc1cccc(NCC(=O)N/N=C\c2ccc(Cl)c(Cl)c2)c1. The summed E-state index contributed by atoms with van der Waals surface area (Å²) in [5.41, 5.74) is 3.95. The number of ether oxygens (including phenoxy) is 1. The molecule has 0 saturated heterocycles. The second-order valence-corrected chi connectivity index (χ2v) is 5.37. The monoisotopic (exact) mass is 351 g/mol. The molecule has 0 spiro atoms. The highest BCUT2D eigenvalue weighted by atomic mass is 35.5. The maximum Gasteiger partial charge on any atom is 0.259 e. The second kappa shape index (κ2) is 8.41. The summed E-state index contributed by atoms with van der Waals surface area (Å²) in [6.45, 7) is 0.0892. The third-order valence-electron chi connectivity index (χ3n) is 2.87. The lowest BCUT2D eigenvalue weighted by molar-refractivity contribution is -0.119. The summed E-state index contributed by atoms with van der Waals surface area (Å²) in [6, 6.07) is 12.4. The Morgan fingerprint density at radius 2 is 2.04 bits per heavy atom. The zero-order valence-corrected chi connectivity index (χ0v) is 13.9. The fourth-order valence-corrected chi connectivity index (χ4v) is 2.03. The number of nitrogens with zero attached hydrogens (tertiary/aromatic N) is 1. The lowest BCUT2D eigenvalue weighted by Crippen LogP contribution is -2.25. The van der Waals surface area contributed by atoms with Gasteiger partial charge in [-0.15, -0.1) is 0 Å². The minimum atomic E-state index is -0.274. The van der Waals surface area contributed by atoms with Crippen LogP contribution in [0.1, 0.15) is 5.56 Å². The van der Waals surface area contributed by atoms with Crippen molar-refractivity contribution in [1.82, 2.24) is 5.43 Å². The van der Waals surface area contributed by atoms with Gasteiger partial charge in [-0.1, -0.05) is 35.3 Å². The number of hydrogen-bond acceptors (Lipinski definition) is 4. The number of hydrazone groups is 1. The molecular formula is C16H15Cl2N3O2. The van der Waals surface area contributed by atoms with Crippen molar-refractivity contribution in [1.29, 1.82) is 0 Å². The molecule has 0 radical (unpaired) electrons. The number of carbonyl (C=O) groups excluding carboxylic acids is 1. The van der Waals surface area contributed by atoms with Gasteiger partial charge in [-0.05, 0) is 29.8 Å². The van der Waals surface area contributed by atoms with E-state index in [-0.39, 0.29) is 12.5 Å². The highest BCUT2D eigenvalue weighted by Crippen LogP contribution is 2.21. The zero-order chi connectivity index (χ0) is 16.7. The van der Waals surface area contributed by atoms with E-state index in [2.05, 4.69) is 15.8 Å². The first-order valence-electron chi connectivity index (χ1n) is 6.73. The van der Waals surface area contributed by atoms with Gasteiger partial charge in [0.1, 0.15) is 5.75 Å². The molecule has 120 valence electrons. The van der Waals surface area contributed by atoms with Gasteiger partial charge < -0.3 is 10.1 Å². The number of nitrogens with one attached hydrogen (secondary N) is 2. The molecule has 1 amide bonds. The smallest absolute Gasteiger partial charge is 0.259 e. The van der Waals surface area contributed by atoms with Crippen LogP contribution >= 0.6 is 23.2 Å². The average molecular weight is 352 g/mol. The van der Waals surface area contributed by atoms with Crippen LogP contribution < -0.4 is 15.5 Å². The molecule has 0 fully saturated rings. The number of anilines is 1. The third kappa shape index (κ3) is 5.47. The van der Waals surface area contributed by atoms with Crippen molar-refractivity contribution in [2.24, 2.45) is 5.10 Å². The highest BCUT2D eigenvalue weighted by Gasteiger charge is 2.01. The Labute approximate surface area is 144 Å². The van der Waals surface area contributed by atoms with Gasteiger partial charge in [0.05, 0.1) is 29.9 Å². The molecular weight excluding hydrogens is 337 g/mol. The topological polar surface area (TPSA) is 62.7 Å². The van der Waals surface area contributed by atoms with E-state index in [0.717, 1.165) is 11.3 Å². The number of rotatable bonds is 6. The minimum absolute atomic E-state index is 0.0892. The number of amides is 1. The molecule has 2 aromatic carbocycles. The Morgan fingerprint density at radius 3 is 2.78 bits per heavy atom. The number of hydrogen-bond donors (Lipinski definition) is 2. The zero-order valence-electron chi connectivity index (χ0n) is 12.3. The van der Waals surface area contributed by atoms with Crippen LogP contribution in [0.15, 0.2) is 47.6 Å². The molecule has 2 rings (SSSR count). The molecule has 0 bridgehead atoms. The van der Waals surface area contributed by atoms with Crippen molar-refractivity contribution in [3.8, 4) is 5.75 Å². The van der Waals surface area contributed by atoms with Gasteiger partial charge in [-0.2, -0.15) is 5.10 Å². The Morgan fingerprint density at radius 1 is 1.22 bits per heavy atom. The first-order valence-corrected chi connectivity index (χ1v) is 7.49. The van der Waals surface area contributed by atoms with Gasteiger partial charge in [-0.3, -0.25) is 4.79 Å². The molecule has 0 aliphatic carbocycles. The van der Waals surface area contributed by atoms with Crippen LogP contribution in [-0.4, -0.2) is 25.8 Å². The van der Waals surface area contributed by atoms with Crippen LogP contribution in [0, 0.1) is 0 Å². The Hall–Kier alpha value is -2.24. The van der Waals surface area contributed by atoms with Crippen LogP contribution in [0.25, 0.3) is 0 Å². The number of carbonyl (C=O) groups is 1. The maximum absolute atomic E-state index is 11.7. The van der Waals surface area contributed by atoms with E-state index in [1.807, 2.05) is 18.2 Å². The van der Waals surface area contributed by atoms with E-state index in [4.69, 9.17) is 27.9 Å². The molecule has 7 heteroatoms. The van der Waals surface area contributed by atoms with Gasteiger partial charge in [0.2, 0.25) is 0 Å². The van der Waals surface area contributed by atoms with Crippen molar-refractivity contribution in [3.05, 3.63) is 58.1 Å². The van der Waals surface area contributed by atoms with Gasteiger partial charge in [-0.25, -0.2) is 5.43 Å². The van der Waals surface area contributed by atoms with Crippen molar-refractivity contribution in [3.63, 3.8) is 0 Å². The fourth-order valence-electron chi connectivity index (χ4n) is 1.73. The summed E-state index contributed by atoms with van der Waals surface area (Å²) >= 11 is 11.7. The Kier molecular flexibility index (Phi) is 6.26. The van der Waals surface area contributed by atoms with E-state index in [1.54, 1.807) is 31.4 Å². The van der Waals surface area contributed by atoms with E-state index in [0.29, 0.717) is 15.8 Å². The average Bonchev–Trinajstić information content (AvgIpc) is 2.56. The summed E-state index contributed by atoms with van der Waals surface area (Å²) in [6.07, 6.45) is 1.49. The quantitative estimate of drug-likeness (QED) is 0.617. The molecule has 2 aromatic rings. The summed E-state index contributed by atoms with van der Waals surface area (Å²) in [7, 11) is 1.59. The Balaban J connectivity index is 1.82. The lowest BCUT2D eigenvalue weighted by atomic mass is 10.2. The van der Waals surface area contributed by atoms with Gasteiger partial charge in [0.15, 0.2) is 0 Å². The summed E-state index contributed by atoms with van der Waals surface area (Å²) in [5, 5.41) is 7.75. The predicted molar refractivity (Wildman–Crippen MR) is 93.7 cm³/mol. The number of benzene rings is 2. The van der Waals surface area contributed by atoms with Gasteiger partial charge in [0, 0.05) is 11.8 Å². The first kappa shape index (κ1) is 17.1. The van der Waals surface area contributed by atoms with E-state index < -0.39 is 0 Å². The highest BCUT2D eigenvalue weighted by molar-refractivity contribution is 6.42. The predicted octanol–water partition coefficient (Wildman–Crippen LogP) is 3.56. The normalized spacial score (nSPS) is 10.6. The molecule has 0 aliphatic heterocycles. The third-order valence-corrected chi connectivity index (χ3v) is 3.61. The second-order valence-electron chi connectivity index (χ2n) is 4.55. The summed E-state index contributed by atoms with van der Waals surface area (Å²) < 4.78 is 5.11. The Bertz CT molecular complexity index is 720. The van der Waals surface area contributed by atoms with E-state index in [9.17, 15) is 4.79 Å². The molecule has 0 atom stereocenters. The van der Waals surface area contributed by atoms with Crippen LogP contribution in [0.5, 0.6) is 5.75 Å². The number of methoxy groups -OCH3 is 1. The maximum atomic E-state index is 11.7. The minimum Gasteiger partial charge on any atom is -0.497 e. The molecule has 23 heavy (non-hydrogen) atoms. The molecule has 0 saturated carbocycles. The molecule has 2 N–H and O–H groups in total. The number of halogens is 2. The first-order chi connectivity index (χ1) is 11.1. The van der Waals surface area contributed by atoms with Gasteiger partial charge >= 0.3 is 0 Å². The van der Waals surface area contributed by atoms with E-state index >= 15 is 0 Å². The van der Waals surface area contributed by atoms with Crippen molar-refractivity contribution >= 4 is 41.0 Å². The molecule has 0 heterocycles. The van der Waals surface area contributed by atoms with Crippen molar-refractivity contribution in [2.75, 3.05) is 19.0 Å². The molecule has 0 unspecified atom stereocenters. The van der Waals surface area contributed by atoms with Crippen molar-refractivity contribution < 1.29 is 9.53 Å². The van der Waals surface area contributed by atoms with Crippen LogP contribution in [-0.2, 0) is 4.79 Å². The standard InChI is InChI=1S/C16H15Cl2N3O2/c1-23-13-4-2-3-12(8-13)19-10-16(22)21-20-9-11-5-6-14(17)15(18)7-11/h2-9,19H,10H2,1H3,(H,21,22)/b20-9-. The molecule has 5 nitrogen and oxygen atoms in total. The fraction of sp³-hybridized carbons (Fsp3) is 0.125. The summed E-state index contributed by atoms with van der Waals surface area (Å²) in [4.78, 5) is 11.7. The van der Waals surface area contributed by atoms with Gasteiger partial charge in [0.25, 0.3) is 5.91 Å². The molecule has 0 aromatic heterocycles. The summed E-state index contributed by atoms with van der Waals surface area (Å²) in [5.74, 6) is 0.442. The van der Waals surface area contributed by atoms with Crippen LogP contribution in [0.2, 0.25) is 10.0 Å². The van der Waals surface area contributed by atoms with Crippen LogP contribution in [0.3, 0.4) is 0 Å². The van der Waals surface area contributed by atoms with Crippen LogP contribution in [0.4, 0.5) is 5.69 Å². The molecule has 0 aliphatic rings. The largest absolute Gasteiger partial charge is 0.497 e.